The summed E-state index contributed by atoms with van der Waals surface area (Å²) >= 11 is 4.11. The van der Waals surface area contributed by atoms with E-state index in [1.165, 1.54) is 51.4 Å². The molecule has 1 aliphatic heterocycles. The molecule has 1 spiro atoms. The minimum Gasteiger partial charge on any atom is -0.346 e. The van der Waals surface area contributed by atoms with E-state index in [4.69, 9.17) is 9.47 Å². The Morgan fingerprint density at radius 3 is 2.35 bits per heavy atom. The molecule has 0 radical (unpaired) electrons. The topological polar surface area (TPSA) is 18.5 Å². The summed E-state index contributed by atoms with van der Waals surface area (Å²) < 4.78 is 12.8. The van der Waals surface area contributed by atoms with Gasteiger partial charge in [-0.1, -0.05) is 43.1 Å². The van der Waals surface area contributed by atoms with Crippen molar-refractivity contribution in [2.75, 3.05) is 13.2 Å². The van der Waals surface area contributed by atoms with Gasteiger partial charge in [-0.15, -0.1) is 0 Å². The molecular formula is C23H37BrO2. The third kappa shape index (κ3) is 2.12. The van der Waals surface area contributed by atoms with E-state index in [1.54, 1.807) is 0 Å². The van der Waals surface area contributed by atoms with Gasteiger partial charge in [-0.2, -0.15) is 0 Å². The molecule has 2 nitrogen and oxygen atoms in total. The Morgan fingerprint density at radius 2 is 1.62 bits per heavy atom. The Morgan fingerprint density at radius 1 is 0.885 bits per heavy atom. The number of hydrogen-bond acceptors (Lipinski definition) is 2. The molecule has 0 amide bonds. The van der Waals surface area contributed by atoms with Gasteiger partial charge in [0.15, 0.2) is 5.79 Å². The van der Waals surface area contributed by atoms with Crippen LogP contribution in [-0.4, -0.2) is 23.3 Å². The maximum atomic E-state index is 6.45. The molecule has 148 valence electrons. The average Bonchev–Trinajstić information content (AvgIpc) is 3.15. The Bertz CT molecular complexity index is 583. The molecule has 1 saturated heterocycles. The Hall–Kier alpha value is 0.400. The molecule has 4 aliphatic carbocycles. The van der Waals surface area contributed by atoms with Crippen LogP contribution in [0.3, 0.4) is 0 Å². The Kier molecular flexibility index (Phi) is 4.06. The summed E-state index contributed by atoms with van der Waals surface area (Å²) in [6.45, 7) is 11.5. The second-order valence-corrected chi connectivity index (χ2v) is 13.0. The highest BCUT2D eigenvalue weighted by molar-refractivity contribution is 9.10. The predicted octanol–water partition coefficient (Wildman–Crippen LogP) is 6.17. The first kappa shape index (κ1) is 18.4. The fourth-order valence-electron chi connectivity index (χ4n) is 8.76. The number of hydrogen-bond donors (Lipinski definition) is 0. The van der Waals surface area contributed by atoms with E-state index in [2.05, 4.69) is 43.6 Å². The molecule has 0 bridgehead atoms. The smallest absolute Gasteiger partial charge is 0.189 e. The minimum atomic E-state index is -0.408. The summed E-state index contributed by atoms with van der Waals surface area (Å²) in [6, 6.07) is 0. The maximum Gasteiger partial charge on any atom is 0.189 e. The lowest BCUT2D eigenvalue weighted by Crippen LogP contribution is -2.59. The molecule has 0 aromatic rings. The Balaban J connectivity index is 1.50. The summed E-state index contributed by atoms with van der Waals surface area (Å²) in [5.41, 5.74) is 0.751. The summed E-state index contributed by atoms with van der Waals surface area (Å²) in [5.74, 6) is 4.04. The zero-order valence-corrected chi connectivity index (χ0v) is 18.7. The normalized spacial score (nSPS) is 58.3. The second kappa shape index (κ2) is 5.72. The van der Waals surface area contributed by atoms with Crippen molar-refractivity contribution in [3.63, 3.8) is 0 Å². The van der Waals surface area contributed by atoms with E-state index in [0.717, 1.165) is 42.8 Å². The van der Waals surface area contributed by atoms with Crippen molar-refractivity contribution in [3.8, 4) is 0 Å². The SMILES string of the molecule is C[C@@H]1CC[C@]2(C)[C@H](CC[C@H]3[C@H]2CC[C@]2(C)[C@@H]3C[C@@](C)(Br)C23OCCO3)C1. The molecule has 3 heteroatoms. The Labute approximate surface area is 168 Å². The molecule has 0 aromatic carbocycles. The largest absolute Gasteiger partial charge is 0.346 e. The van der Waals surface area contributed by atoms with Crippen LogP contribution in [0.1, 0.15) is 79.1 Å². The van der Waals surface area contributed by atoms with Crippen molar-refractivity contribution >= 4 is 15.9 Å². The van der Waals surface area contributed by atoms with Crippen molar-refractivity contribution in [1.82, 2.24) is 0 Å². The average molecular weight is 425 g/mol. The third-order valence-corrected chi connectivity index (χ3v) is 10.9. The van der Waals surface area contributed by atoms with Crippen LogP contribution in [0.25, 0.3) is 0 Å². The van der Waals surface area contributed by atoms with Gasteiger partial charge in [0.25, 0.3) is 0 Å². The summed E-state index contributed by atoms with van der Waals surface area (Å²) in [5, 5.41) is 0. The van der Waals surface area contributed by atoms with E-state index in [0.29, 0.717) is 5.41 Å². The van der Waals surface area contributed by atoms with Crippen molar-refractivity contribution in [3.05, 3.63) is 0 Å². The van der Waals surface area contributed by atoms with E-state index in [9.17, 15) is 0 Å². The van der Waals surface area contributed by atoms with E-state index < -0.39 is 5.79 Å². The van der Waals surface area contributed by atoms with Crippen LogP contribution in [0.4, 0.5) is 0 Å². The van der Waals surface area contributed by atoms with Gasteiger partial charge in [-0.3, -0.25) is 0 Å². The first-order valence-corrected chi connectivity index (χ1v) is 12.0. The van der Waals surface area contributed by atoms with Gasteiger partial charge in [0.2, 0.25) is 0 Å². The lowest BCUT2D eigenvalue weighted by molar-refractivity contribution is -0.255. The third-order valence-electron chi connectivity index (χ3n) is 10.1. The number of fused-ring (bicyclic) bond motifs is 6. The monoisotopic (exact) mass is 424 g/mol. The zero-order chi connectivity index (χ0) is 18.4. The van der Waals surface area contributed by atoms with Crippen molar-refractivity contribution in [2.45, 2.75) is 89.2 Å². The number of ether oxygens (including phenoxy) is 2. The minimum absolute atomic E-state index is 0.0519. The standard InChI is InChI=1S/C23H37BrO2/c1-15-7-9-20(2)16(13-15)5-6-17-18(20)8-10-21(3)19(17)14-22(4,24)23(21)25-11-12-26-23/h15-19H,5-14H2,1-4H3/t15-,16-,17+,18-,19-,20-,21-,22-/m1/s1. The van der Waals surface area contributed by atoms with Crippen LogP contribution < -0.4 is 0 Å². The molecular weight excluding hydrogens is 388 g/mol. The molecule has 1 heterocycles. The highest BCUT2D eigenvalue weighted by atomic mass is 79.9. The number of alkyl halides is 1. The zero-order valence-electron chi connectivity index (χ0n) is 17.2. The van der Waals surface area contributed by atoms with Gasteiger partial charge < -0.3 is 9.47 Å². The van der Waals surface area contributed by atoms with Crippen molar-refractivity contribution in [2.24, 2.45) is 40.4 Å². The molecule has 0 aromatic heterocycles. The van der Waals surface area contributed by atoms with Crippen LogP contribution in [0.15, 0.2) is 0 Å². The van der Waals surface area contributed by atoms with Gasteiger partial charge in [0.05, 0.1) is 17.5 Å². The molecule has 5 aliphatic rings. The highest BCUT2D eigenvalue weighted by Crippen LogP contribution is 2.73. The first-order chi connectivity index (χ1) is 12.2. The first-order valence-electron chi connectivity index (χ1n) is 11.2. The number of halogens is 1. The fourth-order valence-corrected chi connectivity index (χ4v) is 9.79. The summed E-state index contributed by atoms with van der Waals surface area (Å²) in [4.78, 5) is 0. The van der Waals surface area contributed by atoms with Gasteiger partial charge in [0.1, 0.15) is 0 Å². The van der Waals surface area contributed by atoms with Crippen LogP contribution in [0, 0.1) is 40.4 Å². The second-order valence-electron chi connectivity index (χ2n) is 11.2. The molecule has 26 heavy (non-hydrogen) atoms. The van der Waals surface area contributed by atoms with E-state index in [-0.39, 0.29) is 9.74 Å². The van der Waals surface area contributed by atoms with Crippen molar-refractivity contribution < 1.29 is 9.47 Å². The summed E-state index contributed by atoms with van der Waals surface area (Å²) in [6.07, 6.45) is 11.2. The molecule has 5 rings (SSSR count). The highest BCUT2D eigenvalue weighted by Gasteiger charge is 2.74. The van der Waals surface area contributed by atoms with Crippen LogP contribution in [0.2, 0.25) is 0 Å². The lowest BCUT2D eigenvalue weighted by Gasteiger charge is -2.61. The quantitative estimate of drug-likeness (QED) is 0.432. The lowest BCUT2D eigenvalue weighted by atomic mass is 9.44. The maximum absolute atomic E-state index is 6.45. The number of rotatable bonds is 0. The molecule has 4 saturated carbocycles. The van der Waals surface area contributed by atoms with Crippen LogP contribution in [-0.2, 0) is 9.47 Å². The van der Waals surface area contributed by atoms with Gasteiger partial charge >= 0.3 is 0 Å². The van der Waals surface area contributed by atoms with Gasteiger partial charge in [-0.05, 0) is 86.9 Å². The van der Waals surface area contributed by atoms with Crippen LogP contribution in [0.5, 0.6) is 0 Å². The van der Waals surface area contributed by atoms with Crippen molar-refractivity contribution in [1.29, 1.82) is 0 Å². The summed E-state index contributed by atoms with van der Waals surface area (Å²) in [7, 11) is 0. The van der Waals surface area contributed by atoms with E-state index >= 15 is 0 Å². The molecule has 0 unspecified atom stereocenters. The van der Waals surface area contributed by atoms with Crippen LogP contribution >= 0.6 is 15.9 Å². The molecule has 0 N–H and O–H groups in total. The molecule has 8 atom stereocenters. The predicted molar refractivity (Wildman–Crippen MR) is 108 cm³/mol. The fraction of sp³-hybridized carbons (Fsp3) is 1.00. The van der Waals surface area contributed by atoms with Gasteiger partial charge in [-0.25, -0.2) is 0 Å². The molecule has 5 fully saturated rings. The van der Waals surface area contributed by atoms with E-state index in [1.807, 2.05) is 0 Å². The van der Waals surface area contributed by atoms with Gasteiger partial charge in [0, 0.05) is 5.41 Å².